The quantitative estimate of drug-likeness (QED) is 0.0849. The zero-order valence-corrected chi connectivity index (χ0v) is 77.3. The molecule has 4 nitrogen and oxygen atoms in total. The SMILES string of the molecule is Cc1ccc(N(c2ccc(-c3ccccc3)cc2)c2ccc(-c3ccccc3)cc2)cc1.Cc1ccc(N(c2ccc(-c3ccccc3)cc2)c2ccc3c(c2)C(C)(C)c2ccccc2-3)cc1.Cc1ccc(N(c2ccccc2)c2ccc(-c3ccc(-c4ccccc4)cc3)cc2)cc1.Cc1ccc(N(c2ccccc2)c2ccc(-c3ccc4c(c3)C(C)(C)c3ccccc3-4)cc2)cc1. The van der Waals surface area contributed by atoms with E-state index in [9.17, 15) is 0 Å². The van der Waals surface area contributed by atoms with Crippen molar-refractivity contribution < 1.29 is 0 Å². The molecule has 0 saturated carbocycles. The van der Waals surface area contributed by atoms with Crippen molar-refractivity contribution in [3.8, 4) is 89.0 Å². The van der Waals surface area contributed by atoms with Crippen molar-refractivity contribution in [2.45, 2.75) is 66.2 Å². The third kappa shape index (κ3) is 18.9. The molecule has 0 aromatic heterocycles. The van der Waals surface area contributed by atoms with Crippen LogP contribution in [0.15, 0.2) is 510 Å². The average Bonchev–Trinajstić information content (AvgIpc) is 1.58. The van der Waals surface area contributed by atoms with Crippen LogP contribution in [0.1, 0.15) is 72.2 Å². The molecule has 2 aliphatic carbocycles. The highest BCUT2D eigenvalue weighted by Crippen LogP contribution is 2.53. The molecule has 0 heterocycles. The normalized spacial score (nSPS) is 12.0. The van der Waals surface area contributed by atoms with Gasteiger partial charge in [-0.25, -0.2) is 0 Å². The van der Waals surface area contributed by atoms with E-state index < -0.39 is 0 Å². The fourth-order valence-electron chi connectivity index (χ4n) is 18.8. The molecule has 0 unspecified atom stereocenters. The molecule has 20 aromatic rings. The van der Waals surface area contributed by atoms with Crippen LogP contribution in [-0.4, -0.2) is 0 Å². The predicted molar refractivity (Wildman–Crippen MR) is 571 cm³/mol. The minimum atomic E-state index is -0.0297. The molecule has 0 spiro atoms. The molecule has 20 aromatic carbocycles. The molecule has 0 fully saturated rings. The molecule has 648 valence electrons. The standard InChI is InChI=1S/2C34H29N.2C31H25N/c1-24-13-18-28(19-14-24)35(27-9-5-4-6-10-27)29-20-15-25(16-21-29)26-17-22-31-30-11-7-8-12-32(30)34(2,3)33(31)23-26;1-24-13-17-27(18-14-24)35(28-19-15-26(16-20-28)25-9-5-4-6-10-25)29-21-22-31-30-11-7-8-12-32(30)34(2,3)33(31)23-29;1-24-12-18-29(19-13-24)32(30-20-14-27(15-21-30)25-8-4-2-5-9-25)31-22-16-28(17-23-31)26-10-6-3-7-11-26;1-24-12-20-30(21-13-24)32(29-10-6-3-7-11-29)31-22-18-28(19-23-31)27-16-14-26(15-17-27)25-8-4-2-5-9-25/h2*4-23H,1-3H3;2*2-23H,1H3. The van der Waals surface area contributed by atoms with Gasteiger partial charge in [-0.1, -0.05) is 408 Å². The Morgan fingerprint density at radius 1 is 0.127 bits per heavy atom. The van der Waals surface area contributed by atoms with Crippen molar-refractivity contribution in [2.24, 2.45) is 0 Å². The van der Waals surface area contributed by atoms with Gasteiger partial charge in [-0.05, 0) is 291 Å². The molecular formula is C130H108N4. The van der Waals surface area contributed by atoms with Crippen molar-refractivity contribution in [1.29, 1.82) is 0 Å². The average molecular weight is 1730 g/mol. The lowest BCUT2D eigenvalue weighted by Gasteiger charge is -2.28. The third-order valence-corrected chi connectivity index (χ3v) is 26.2. The van der Waals surface area contributed by atoms with Crippen molar-refractivity contribution in [3.05, 3.63) is 554 Å². The molecule has 2 aliphatic rings. The van der Waals surface area contributed by atoms with Crippen LogP contribution in [0, 0.1) is 27.7 Å². The first-order valence-corrected chi connectivity index (χ1v) is 46.5. The molecule has 22 rings (SSSR count). The molecule has 4 heteroatoms. The van der Waals surface area contributed by atoms with E-state index >= 15 is 0 Å². The number of hydrogen-bond acceptors (Lipinski definition) is 4. The number of aryl methyl sites for hydroxylation is 4. The Morgan fingerprint density at radius 3 is 0.560 bits per heavy atom. The van der Waals surface area contributed by atoms with Crippen LogP contribution in [0.4, 0.5) is 68.2 Å². The number of nitrogens with zero attached hydrogens (tertiary/aromatic N) is 4. The van der Waals surface area contributed by atoms with Crippen LogP contribution < -0.4 is 19.6 Å². The fourth-order valence-corrected chi connectivity index (χ4v) is 18.8. The van der Waals surface area contributed by atoms with Crippen molar-refractivity contribution in [3.63, 3.8) is 0 Å². The second kappa shape index (κ2) is 39.1. The van der Waals surface area contributed by atoms with Gasteiger partial charge in [-0.2, -0.15) is 0 Å². The molecule has 0 amide bonds. The Morgan fingerprint density at radius 2 is 0.291 bits per heavy atom. The van der Waals surface area contributed by atoms with E-state index in [1.807, 2.05) is 0 Å². The Labute approximate surface area is 791 Å². The van der Waals surface area contributed by atoms with Crippen molar-refractivity contribution >= 4 is 68.2 Å². The molecule has 0 saturated heterocycles. The molecule has 0 bridgehead atoms. The smallest absolute Gasteiger partial charge is 0.0465 e. The Balaban J connectivity index is 0.000000115. The molecule has 134 heavy (non-hydrogen) atoms. The maximum atomic E-state index is 2.39. The van der Waals surface area contributed by atoms with E-state index in [2.05, 4.69) is 585 Å². The number of benzene rings is 20. The summed E-state index contributed by atoms with van der Waals surface area (Å²) in [4.78, 5) is 9.28. The Kier molecular flexibility index (Phi) is 25.4. The monoisotopic (exact) mass is 1720 g/mol. The first kappa shape index (κ1) is 87.0. The summed E-state index contributed by atoms with van der Waals surface area (Å²) < 4.78 is 0. The second-order valence-electron chi connectivity index (χ2n) is 36.0. The van der Waals surface area contributed by atoms with Gasteiger partial charge in [0.1, 0.15) is 0 Å². The van der Waals surface area contributed by atoms with E-state index in [1.165, 1.54) is 139 Å². The van der Waals surface area contributed by atoms with Gasteiger partial charge in [-0.3, -0.25) is 0 Å². The van der Waals surface area contributed by atoms with Crippen LogP contribution in [-0.2, 0) is 10.8 Å². The lowest BCUT2D eigenvalue weighted by Crippen LogP contribution is -2.16. The first-order valence-electron chi connectivity index (χ1n) is 46.5. The van der Waals surface area contributed by atoms with Gasteiger partial charge in [0.2, 0.25) is 0 Å². The molecule has 0 atom stereocenters. The minimum Gasteiger partial charge on any atom is -0.311 e. The van der Waals surface area contributed by atoms with Crippen LogP contribution in [0.5, 0.6) is 0 Å². The molecule has 0 aliphatic heterocycles. The lowest BCUT2D eigenvalue weighted by molar-refractivity contribution is 0.660. The number of anilines is 12. The van der Waals surface area contributed by atoms with Gasteiger partial charge >= 0.3 is 0 Å². The third-order valence-electron chi connectivity index (χ3n) is 26.2. The Hall–Kier alpha value is -16.4. The number of rotatable bonds is 18. The zero-order valence-electron chi connectivity index (χ0n) is 77.3. The zero-order chi connectivity index (χ0) is 91.5. The summed E-state index contributed by atoms with van der Waals surface area (Å²) >= 11 is 0. The summed E-state index contributed by atoms with van der Waals surface area (Å²) in [5.41, 5.74) is 44.7. The number of para-hydroxylation sites is 2. The summed E-state index contributed by atoms with van der Waals surface area (Å²) in [7, 11) is 0. The van der Waals surface area contributed by atoms with Gasteiger partial charge in [0.15, 0.2) is 0 Å². The van der Waals surface area contributed by atoms with E-state index in [1.54, 1.807) is 0 Å². The first-order chi connectivity index (χ1) is 65.6. The van der Waals surface area contributed by atoms with Crippen LogP contribution in [0.25, 0.3) is 89.0 Å². The minimum absolute atomic E-state index is 0.0113. The summed E-state index contributed by atoms with van der Waals surface area (Å²) in [6, 6.07) is 183. The number of hydrogen-bond donors (Lipinski definition) is 0. The topological polar surface area (TPSA) is 13.0 Å². The van der Waals surface area contributed by atoms with Gasteiger partial charge < -0.3 is 19.6 Å². The van der Waals surface area contributed by atoms with Gasteiger partial charge in [0, 0.05) is 79.1 Å². The summed E-state index contributed by atoms with van der Waals surface area (Å²) in [5.74, 6) is 0. The van der Waals surface area contributed by atoms with E-state index in [0.717, 1.165) is 62.6 Å². The highest BCUT2D eigenvalue weighted by atomic mass is 15.2. The number of fused-ring (bicyclic) bond motifs is 6. The largest absolute Gasteiger partial charge is 0.311 e. The lowest BCUT2D eigenvalue weighted by atomic mass is 9.81. The molecule has 0 radical (unpaired) electrons. The van der Waals surface area contributed by atoms with Gasteiger partial charge in [0.05, 0.1) is 0 Å². The molecular weight excluding hydrogens is 1620 g/mol. The van der Waals surface area contributed by atoms with E-state index in [0.29, 0.717) is 0 Å². The van der Waals surface area contributed by atoms with E-state index in [4.69, 9.17) is 0 Å². The highest BCUT2D eigenvalue weighted by molar-refractivity contribution is 5.89. The van der Waals surface area contributed by atoms with Crippen molar-refractivity contribution in [2.75, 3.05) is 19.6 Å². The molecule has 0 N–H and O–H groups in total. The van der Waals surface area contributed by atoms with Gasteiger partial charge in [-0.15, -0.1) is 0 Å². The van der Waals surface area contributed by atoms with Crippen LogP contribution in [0.2, 0.25) is 0 Å². The van der Waals surface area contributed by atoms with Gasteiger partial charge in [0.25, 0.3) is 0 Å². The summed E-state index contributed by atoms with van der Waals surface area (Å²) in [5, 5.41) is 0. The maximum Gasteiger partial charge on any atom is 0.0465 e. The predicted octanol–water partition coefficient (Wildman–Crippen LogP) is 36.5. The maximum absolute atomic E-state index is 2.39. The highest BCUT2D eigenvalue weighted by Gasteiger charge is 2.37. The van der Waals surface area contributed by atoms with E-state index in [-0.39, 0.29) is 10.8 Å². The summed E-state index contributed by atoms with van der Waals surface area (Å²) in [6.45, 7) is 17.9. The van der Waals surface area contributed by atoms with Crippen molar-refractivity contribution in [1.82, 2.24) is 0 Å². The van der Waals surface area contributed by atoms with Crippen LogP contribution in [0.3, 0.4) is 0 Å². The second-order valence-corrected chi connectivity index (χ2v) is 36.0. The fraction of sp³-hybridized carbons (Fsp3) is 0.0769. The van der Waals surface area contributed by atoms with Crippen LogP contribution >= 0.6 is 0 Å². The summed E-state index contributed by atoms with van der Waals surface area (Å²) in [6.07, 6.45) is 0. The Bertz CT molecular complexity index is 7230.